The monoisotopic (exact) mass is 616 g/mol. The molecule has 0 aromatic heterocycles. The summed E-state index contributed by atoms with van der Waals surface area (Å²) in [5.74, 6) is -8.81. The van der Waals surface area contributed by atoms with Crippen molar-refractivity contribution >= 4 is 17.9 Å². The number of carbonyl (C=O) groups is 1. The van der Waals surface area contributed by atoms with E-state index in [0.717, 1.165) is 0 Å². The van der Waals surface area contributed by atoms with Crippen molar-refractivity contribution in [1.82, 2.24) is 5.32 Å². The smallest absolute Gasteiger partial charge is 0.313 e. The minimum absolute atomic E-state index is 0.0715. The zero-order chi connectivity index (χ0) is 31.3. The topological polar surface area (TPSA) is 155 Å². The molecule has 0 spiro atoms. The molecule has 42 heavy (non-hydrogen) atoms. The van der Waals surface area contributed by atoms with Gasteiger partial charge in [-0.25, -0.2) is 13.2 Å². The third kappa shape index (κ3) is 14.4. The molecule has 2 unspecified atom stereocenters. The van der Waals surface area contributed by atoms with Crippen molar-refractivity contribution in [3.8, 4) is 5.75 Å². The molecular formula is C25H37F5N4O8. The van der Waals surface area contributed by atoms with Gasteiger partial charge in [-0.1, -0.05) is 0 Å². The summed E-state index contributed by atoms with van der Waals surface area (Å²) in [5, 5.41) is 16.2. The lowest BCUT2D eigenvalue weighted by Crippen LogP contribution is -2.40. The van der Waals surface area contributed by atoms with Gasteiger partial charge >= 0.3 is 5.97 Å². The number of carbonyl (C=O) groups excluding carboxylic acids is 1. The van der Waals surface area contributed by atoms with Crippen LogP contribution in [0.15, 0.2) is 10.1 Å². The van der Waals surface area contributed by atoms with Crippen LogP contribution in [-0.4, -0.2) is 108 Å². The normalized spacial score (nSPS) is 13.6. The molecule has 0 amide bonds. The maximum Gasteiger partial charge on any atom is 0.313 e. The van der Waals surface area contributed by atoms with E-state index in [1.165, 1.54) is 7.11 Å². The van der Waals surface area contributed by atoms with Gasteiger partial charge in [0.1, 0.15) is 6.23 Å². The summed E-state index contributed by atoms with van der Waals surface area (Å²) in [6.45, 7) is 4.10. The van der Waals surface area contributed by atoms with Gasteiger partial charge in [-0.15, -0.1) is 0 Å². The highest BCUT2D eigenvalue weighted by Gasteiger charge is 2.28. The lowest BCUT2D eigenvalue weighted by molar-refractivity contribution is -0.136. The van der Waals surface area contributed by atoms with Crippen LogP contribution in [0, 0.1) is 29.1 Å². The molecule has 0 heterocycles. The van der Waals surface area contributed by atoms with E-state index < -0.39 is 59.6 Å². The van der Waals surface area contributed by atoms with Crippen LogP contribution >= 0.6 is 0 Å². The van der Waals surface area contributed by atoms with E-state index in [0.29, 0.717) is 51.6 Å². The number of nitrogens with zero attached hydrogens (tertiary/aromatic N) is 2. The van der Waals surface area contributed by atoms with Crippen molar-refractivity contribution in [3.05, 3.63) is 29.1 Å². The van der Waals surface area contributed by atoms with Gasteiger partial charge in [-0.2, -0.15) is 13.9 Å². The number of rotatable bonds is 23. The number of hydrogen-bond donors (Lipinski definition) is 3. The third-order valence-corrected chi connectivity index (χ3v) is 5.14. The van der Waals surface area contributed by atoms with Crippen molar-refractivity contribution < 1.29 is 60.3 Å². The number of nitrogens with two attached hydrogens (primary N) is 1. The Morgan fingerprint density at radius 3 is 1.86 bits per heavy atom. The number of hydrazone groups is 1. The highest BCUT2D eigenvalue weighted by Crippen LogP contribution is 2.29. The van der Waals surface area contributed by atoms with Gasteiger partial charge in [-0.3, -0.25) is 15.1 Å². The molecule has 0 saturated heterocycles. The summed E-state index contributed by atoms with van der Waals surface area (Å²) in [6, 6.07) is 0. The molecule has 1 rings (SSSR count). The molecule has 0 bridgehead atoms. The van der Waals surface area contributed by atoms with Crippen LogP contribution in [0.3, 0.4) is 0 Å². The lowest BCUT2D eigenvalue weighted by atomic mass is 10.2. The van der Waals surface area contributed by atoms with Crippen LogP contribution in [0.1, 0.15) is 19.8 Å². The highest BCUT2D eigenvalue weighted by atomic mass is 19.2. The fourth-order valence-corrected chi connectivity index (χ4v) is 3.00. The number of methoxy groups -OCH3 is 1. The first-order valence-corrected chi connectivity index (χ1v) is 12.9. The molecule has 0 saturated carbocycles. The minimum atomic E-state index is -2.35. The van der Waals surface area contributed by atoms with E-state index in [4.69, 9.17) is 29.5 Å². The summed E-state index contributed by atoms with van der Waals surface area (Å²) in [5.41, 5.74) is 0.574. The van der Waals surface area contributed by atoms with E-state index in [2.05, 4.69) is 20.1 Å². The summed E-state index contributed by atoms with van der Waals surface area (Å²) in [7, 11) is 1.49. The molecule has 240 valence electrons. The van der Waals surface area contributed by atoms with Crippen LogP contribution in [-0.2, 0) is 28.5 Å². The fraction of sp³-hybridized carbons (Fsp3) is 0.640. The third-order valence-electron chi connectivity index (χ3n) is 5.14. The fourth-order valence-electron chi connectivity index (χ4n) is 3.00. The zero-order valence-electron chi connectivity index (χ0n) is 23.4. The van der Waals surface area contributed by atoms with Gasteiger partial charge in [0.15, 0.2) is 0 Å². The molecule has 1 aromatic carbocycles. The molecule has 0 radical (unpaired) electrons. The van der Waals surface area contributed by atoms with Gasteiger partial charge in [0.2, 0.25) is 34.8 Å². The Labute approximate surface area is 239 Å². The molecule has 0 aliphatic carbocycles. The van der Waals surface area contributed by atoms with Gasteiger partial charge in [0, 0.05) is 26.3 Å². The standard InChI is InChI=1S/C25H37F5N4O8/c1-16(35)25(37-2)33-5-3-17(34-31)15-32-6-8-39-10-12-41-14-13-40-11-9-38-7-4-18(36)42-24-22(29)20(27)19(26)21(28)23(24)30/h15-16,25,33,35H,3-14,31H2,1-2H3/b32-15?,34-17-. The van der Waals surface area contributed by atoms with Crippen molar-refractivity contribution in [1.29, 1.82) is 0 Å². The Morgan fingerprint density at radius 2 is 1.36 bits per heavy atom. The van der Waals surface area contributed by atoms with E-state index in [9.17, 15) is 31.9 Å². The van der Waals surface area contributed by atoms with Gasteiger partial charge < -0.3 is 39.4 Å². The van der Waals surface area contributed by atoms with Crippen LogP contribution in [0.25, 0.3) is 0 Å². The first-order chi connectivity index (χ1) is 20.1. The molecule has 0 aliphatic heterocycles. The van der Waals surface area contributed by atoms with Gasteiger partial charge in [0.25, 0.3) is 0 Å². The molecule has 0 fully saturated rings. The van der Waals surface area contributed by atoms with Crippen LogP contribution < -0.4 is 15.9 Å². The number of hydrogen-bond acceptors (Lipinski definition) is 12. The maximum atomic E-state index is 13.5. The molecule has 1 aromatic rings. The highest BCUT2D eigenvalue weighted by molar-refractivity contribution is 6.30. The molecule has 4 N–H and O–H groups in total. The van der Waals surface area contributed by atoms with Gasteiger partial charge in [-0.05, 0) is 6.92 Å². The van der Waals surface area contributed by atoms with Crippen LogP contribution in [0.5, 0.6) is 5.75 Å². The molecule has 0 aliphatic rings. The van der Waals surface area contributed by atoms with Crippen LogP contribution in [0.4, 0.5) is 22.0 Å². The summed E-state index contributed by atoms with van der Waals surface area (Å²) in [6.07, 6.45) is 0.410. The Balaban J connectivity index is 1.99. The number of aliphatic hydroxyl groups excluding tert-OH is 1. The Hall–Kier alpha value is -2.80. The second-order valence-corrected chi connectivity index (χ2v) is 8.33. The SMILES string of the molecule is COC(NCC/C(C=NCCOCCOCCOCCOCCC(=O)Oc1c(F)c(F)c(F)c(F)c1F)=N/N)C(C)O. The van der Waals surface area contributed by atoms with Crippen molar-refractivity contribution in [2.75, 3.05) is 73.1 Å². The van der Waals surface area contributed by atoms with Crippen molar-refractivity contribution in [3.63, 3.8) is 0 Å². The molecule has 2 atom stereocenters. The van der Waals surface area contributed by atoms with E-state index >= 15 is 0 Å². The summed E-state index contributed by atoms with van der Waals surface area (Å²) in [4.78, 5) is 15.8. The Bertz CT molecular complexity index is 975. The number of halogens is 5. The second kappa shape index (κ2) is 21.8. The first-order valence-electron chi connectivity index (χ1n) is 12.9. The maximum absolute atomic E-state index is 13.5. The average molecular weight is 617 g/mol. The average Bonchev–Trinajstić information content (AvgIpc) is 2.97. The quantitative estimate of drug-likeness (QED) is 0.0157. The number of esters is 1. The molecular weight excluding hydrogens is 579 g/mol. The number of ether oxygens (including phenoxy) is 6. The van der Waals surface area contributed by atoms with E-state index in [1.807, 2.05) is 0 Å². The summed E-state index contributed by atoms with van der Waals surface area (Å²) >= 11 is 0. The summed E-state index contributed by atoms with van der Waals surface area (Å²) < 4.78 is 96.7. The first kappa shape index (κ1) is 37.2. The number of aliphatic imine (C=N–C) groups is 1. The Kier molecular flexibility index (Phi) is 19.4. The van der Waals surface area contributed by atoms with E-state index in [1.54, 1.807) is 13.1 Å². The van der Waals surface area contributed by atoms with Gasteiger partial charge in [0.05, 0.1) is 77.6 Å². The van der Waals surface area contributed by atoms with Crippen molar-refractivity contribution in [2.24, 2.45) is 15.9 Å². The number of benzene rings is 1. The van der Waals surface area contributed by atoms with E-state index in [-0.39, 0.29) is 26.4 Å². The zero-order valence-corrected chi connectivity index (χ0v) is 23.4. The second-order valence-electron chi connectivity index (χ2n) is 8.33. The lowest BCUT2D eigenvalue weighted by Gasteiger charge is -2.19. The predicted molar refractivity (Wildman–Crippen MR) is 140 cm³/mol. The minimum Gasteiger partial charge on any atom is -0.420 e. The number of aliphatic hydroxyl groups is 1. The molecule has 17 heteroatoms. The molecule has 12 nitrogen and oxygen atoms in total. The van der Waals surface area contributed by atoms with Crippen LogP contribution in [0.2, 0.25) is 0 Å². The Morgan fingerprint density at radius 1 is 0.857 bits per heavy atom. The predicted octanol–water partition coefficient (Wildman–Crippen LogP) is 1.46. The number of nitrogens with one attached hydrogen (secondary N) is 1. The largest absolute Gasteiger partial charge is 0.420 e. The van der Waals surface area contributed by atoms with Crippen molar-refractivity contribution in [2.45, 2.75) is 32.1 Å².